The van der Waals surface area contributed by atoms with Crippen molar-refractivity contribution < 1.29 is 4.74 Å². The van der Waals surface area contributed by atoms with Crippen LogP contribution in [-0.2, 0) is 0 Å². The standard InChI is InChI=1S/C15H22BrNO.ClH/c1-3-11(2)13-4-5-15(14(16)8-13)18-10-12-6-7-17-9-12;/h4-5,8,11-12,17H,3,6-7,9-10H2,1-2H3;1H. The first kappa shape index (κ1) is 16.8. The second-order valence-electron chi connectivity index (χ2n) is 5.17. The Hall–Kier alpha value is -0.250. The molecule has 1 aromatic rings. The molecule has 2 atom stereocenters. The molecule has 0 bridgehead atoms. The van der Waals surface area contributed by atoms with Crippen LogP contribution in [0.3, 0.4) is 0 Å². The van der Waals surface area contributed by atoms with Crippen LogP contribution >= 0.6 is 28.3 Å². The minimum Gasteiger partial charge on any atom is -0.492 e. The Morgan fingerprint density at radius 3 is 2.84 bits per heavy atom. The molecule has 0 saturated carbocycles. The van der Waals surface area contributed by atoms with E-state index < -0.39 is 0 Å². The van der Waals surface area contributed by atoms with Crippen LogP contribution in [0, 0.1) is 5.92 Å². The minimum absolute atomic E-state index is 0. The van der Waals surface area contributed by atoms with E-state index in [0.717, 1.165) is 29.9 Å². The second-order valence-corrected chi connectivity index (χ2v) is 6.02. The zero-order valence-electron chi connectivity index (χ0n) is 11.6. The summed E-state index contributed by atoms with van der Waals surface area (Å²) >= 11 is 3.61. The van der Waals surface area contributed by atoms with E-state index in [1.54, 1.807) is 0 Å². The minimum atomic E-state index is 0. The number of rotatable bonds is 5. The number of nitrogens with one attached hydrogen (secondary N) is 1. The molecule has 2 unspecified atom stereocenters. The van der Waals surface area contributed by atoms with Gasteiger partial charge in [-0.1, -0.05) is 19.9 Å². The third-order valence-electron chi connectivity index (χ3n) is 3.77. The van der Waals surface area contributed by atoms with E-state index >= 15 is 0 Å². The van der Waals surface area contributed by atoms with E-state index in [1.807, 2.05) is 0 Å². The lowest BCUT2D eigenvalue weighted by atomic mass is 9.99. The van der Waals surface area contributed by atoms with Crippen molar-refractivity contribution >= 4 is 28.3 Å². The first-order valence-electron chi connectivity index (χ1n) is 6.83. The molecule has 0 radical (unpaired) electrons. The van der Waals surface area contributed by atoms with Crippen LogP contribution in [0.5, 0.6) is 5.75 Å². The molecule has 1 aromatic carbocycles. The Bertz CT molecular complexity index is 394. The van der Waals surface area contributed by atoms with Gasteiger partial charge in [0.1, 0.15) is 5.75 Å². The first-order valence-corrected chi connectivity index (χ1v) is 7.63. The quantitative estimate of drug-likeness (QED) is 0.853. The van der Waals surface area contributed by atoms with Gasteiger partial charge in [-0.25, -0.2) is 0 Å². The molecule has 1 heterocycles. The van der Waals surface area contributed by atoms with Crippen LogP contribution < -0.4 is 10.1 Å². The summed E-state index contributed by atoms with van der Waals surface area (Å²) < 4.78 is 6.98. The van der Waals surface area contributed by atoms with E-state index in [1.165, 1.54) is 18.4 Å². The highest BCUT2D eigenvalue weighted by molar-refractivity contribution is 9.10. The highest BCUT2D eigenvalue weighted by Crippen LogP contribution is 2.30. The lowest BCUT2D eigenvalue weighted by Gasteiger charge is -2.15. The zero-order valence-corrected chi connectivity index (χ0v) is 14.0. The van der Waals surface area contributed by atoms with Gasteiger partial charge in [0.05, 0.1) is 11.1 Å². The van der Waals surface area contributed by atoms with Gasteiger partial charge in [0, 0.05) is 12.5 Å². The number of ether oxygens (including phenoxy) is 1. The normalized spacial score (nSPS) is 19.8. The first-order chi connectivity index (χ1) is 8.70. The molecule has 2 rings (SSSR count). The van der Waals surface area contributed by atoms with Gasteiger partial charge < -0.3 is 10.1 Å². The fraction of sp³-hybridized carbons (Fsp3) is 0.600. The largest absolute Gasteiger partial charge is 0.492 e. The van der Waals surface area contributed by atoms with Gasteiger partial charge in [-0.3, -0.25) is 0 Å². The number of benzene rings is 1. The summed E-state index contributed by atoms with van der Waals surface area (Å²) in [7, 11) is 0. The SMILES string of the molecule is CCC(C)c1ccc(OCC2CCNC2)c(Br)c1.Cl. The Balaban J connectivity index is 0.00000180. The maximum atomic E-state index is 5.90. The van der Waals surface area contributed by atoms with Gasteiger partial charge >= 0.3 is 0 Å². The molecule has 1 aliphatic heterocycles. The van der Waals surface area contributed by atoms with Crippen molar-refractivity contribution in [3.05, 3.63) is 28.2 Å². The van der Waals surface area contributed by atoms with E-state index in [-0.39, 0.29) is 12.4 Å². The molecule has 0 spiro atoms. The number of hydrogen-bond donors (Lipinski definition) is 1. The summed E-state index contributed by atoms with van der Waals surface area (Å²) in [5.74, 6) is 2.23. The molecule has 1 aliphatic rings. The predicted octanol–water partition coefficient (Wildman–Crippen LogP) is 4.37. The maximum Gasteiger partial charge on any atom is 0.133 e. The van der Waals surface area contributed by atoms with Crippen LogP contribution in [0.25, 0.3) is 0 Å². The highest BCUT2D eigenvalue weighted by Gasteiger charge is 2.15. The summed E-state index contributed by atoms with van der Waals surface area (Å²) in [5.41, 5.74) is 1.37. The fourth-order valence-electron chi connectivity index (χ4n) is 2.24. The summed E-state index contributed by atoms with van der Waals surface area (Å²) in [6.07, 6.45) is 2.39. The average molecular weight is 349 g/mol. The predicted molar refractivity (Wildman–Crippen MR) is 86.6 cm³/mol. The molecule has 1 N–H and O–H groups in total. The van der Waals surface area contributed by atoms with Gasteiger partial charge in [-0.15, -0.1) is 12.4 Å². The molecule has 1 fully saturated rings. The van der Waals surface area contributed by atoms with Crippen molar-refractivity contribution in [2.45, 2.75) is 32.6 Å². The van der Waals surface area contributed by atoms with Gasteiger partial charge in [-0.2, -0.15) is 0 Å². The van der Waals surface area contributed by atoms with E-state index in [9.17, 15) is 0 Å². The second kappa shape index (κ2) is 8.13. The summed E-state index contributed by atoms with van der Waals surface area (Å²) in [6.45, 7) is 7.50. The average Bonchev–Trinajstić information content (AvgIpc) is 2.89. The van der Waals surface area contributed by atoms with Gasteiger partial charge in [-0.05, 0) is 58.9 Å². The third kappa shape index (κ3) is 4.66. The van der Waals surface area contributed by atoms with E-state index in [4.69, 9.17) is 4.74 Å². The number of halogens is 2. The van der Waals surface area contributed by atoms with Crippen molar-refractivity contribution in [2.75, 3.05) is 19.7 Å². The lowest BCUT2D eigenvalue weighted by molar-refractivity contribution is 0.258. The van der Waals surface area contributed by atoms with Crippen molar-refractivity contribution in [3.8, 4) is 5.75 Å². The third-order valence-corrected chi connectivity index (χ3v) is 4.39. The molecule has 4 heteroatoms. The van der Waals surface area contributed by atoms with Crippen molar-refractivity contribution in [3.63, 3.8) is 0 Å². The Morgan fingerprint density at radius 1 is 1.47 bits per heavy atom. The molecule has 108 valence electrons. The van der Waals surface area contributed by atoms with Gasteiger partial charge in [0.15, 0.2) is 0 Å². The van der Waals surface area contributed by atoms with Crippen molar-refractivity contribution in [1.82, 2.24) is 5.32 Å². The monoisotopic (exact) mass is 347 g/mol. The molecule has 0 aliphatic carbocycles. The van der Waals surface area contributed by atoms with Crippen molar-refractivity contribution in [1.29, 1.82) is 0 Å². The van der Waals surface area contributed by atoms with Crippen LogP contribution in [0.15, 0.2) is 22.7 Å². The Kier molecular flexibility index (Phi) is 7.19. The van der Waals surface area contributed by atoms with Crippen LogP contribution in [-0.4, -0.2) is 19.7 Å². The van der Waals surface area contributed by atoms with Crippen molar-refractivity contribution in [2.24, 2.45) is 5.92 Å². The molecule has 0 aromatic heterocycles. The fourth-order valence-corrected chi connectivity index (χ4v) is 2.75. The molecule has 1 saturated heterocycles. The molecular formula is C15H23BrClNO. The number of hydrogen-bond acceptors (Lipinski definition) is 2. The zero-order chi connectivity index (χ0) is 13.0. The Labute approximate surface area is 130 Å². The summed E-state index contributed by atoms with van der Waals surface area (Å²) in [5, 5.41) is 3.36. The summed E-state index contributed by atoms with van der Waals surface area (Å²) in [4.78, 5) is 0. The van der Waals surface area contributed by atoms with E-state index in [0.29, 0.717) is 11.8 Å². The lowest BCUT2D eigenvalue weighted by Crippen LogP contribution is -2.15. The smallest absolute Gasteiger partial charge is 0.133 e. The van der Waals surface area contributed by atoms with Crippen LogP contribution in [0.2, 0.25) is 0 Å². The molecule has 0 amide bonds. The molecule has 19 heavy (non-hydrogen) atoms. The van der Waals surface area contributed by atoms with Crippen LogP contribution in [0.1, 0.15) is 38.2 Å². The highest BCUT2D eigenvalue weighted by atomic mass is 79.9. The van der Waals surface area contributed by atoms with Gasteiger partial charge in [0.2, 0.25) is 0 Å². The topological polar surface area (TPSA) is 21.3 Å². The van der Waals surface area contributed by atoms with Gasteiger partial charge in [0.25, 0.3) is 0 Å². The summed E-state index contributed by atoms with van der Waals surface area (Å²) in [6, 6.07) is 6.46. The maximum absolute atomic E-state index is 5.90. The van der Waals surface area contributed by atoms with E-state index in [2.05, 4.69) is 53.3 Å². The Morgan fingerprint density at radius 2 is 2.26 bits per heavy atom. The molecule has 2 nitrogen and oxygen atoms in total. The van der Waals surface area contributed by atoms with Crippen LogP contribution in [0.4, 0.5) is 0 Å². The molecular weight excluding hydrogens is 326 g/mol.